The minimum atomic E-state index is -1.46. The Morgan fingerprint density at radius 1 is 0.703 bits per heavy atom. The van der Waals surface area contributed by atoms with Crippen molar-refractivity contribution in [1.29, 1.82) is 0 Å². The van der Waals surface area contributed by atoms with Gasteiger partial charge in [-0.2, -0.15) is 37.1 Å². The third-order valence-electron chi connectivity index (χ3n) is 14.2. The Labute approximate surface area is 397 Å². The number of furan rings is 1. The number of aromatic nitrogens is 2. The van der Waals surface area contributed by atoms with Gasteiger partial charge in [-0.25, -0.2) is 4.39 Å². The van der Waals surface area contributed by atoms with E-state index in [4.69, 9.17) is 4.42 Å². The van der Waals surface area contributed by atoms with Gasteiger partial charge in [-0.05, 0) is 83.5 Å². The predicted octanol–water partition coefficient (Wildman–Crippen LogP) is 14.7. The first-order chi connectivity index (χ1) is 30.2. The standard InChI is InChI=1S/C31H27FNO.C27H40NSi.Ir/c1-20-7-13-26-27-19-24(23-8-11-25(32)12-9-23)10-14-29(27)34-31(26)30(20)28-18-22(15-16-33(28)2)17-21-5-3-4-6-21;1-19(2)21(4)25-17-26(28(5)18-27(25)29(6,7)8)24-15-14-23(16-20(24)3)22-12-10-9-11-13-22;/h7-16,18-19,21H,1-6,17H2;14-19,21-22H,3,5,9-13H2,1-2,4,6-8H3;/q2*-1;. The van der Waals surface area contributed by atoms with Gasteiger partial charge in [-0.1, -0.05) is 145 Å². The number of halogens is 1. The van der Waals surface area contributed by atoms with Gasteiger partial charge in [-0.15, -0.1) is 23.3 Å². The van der Waals surface area contributed by atoms with E-state index in [1.54, 1.807) is 12.1 Å². The monoisotopic (exact) mass is 1050 g/mol. The van der Waals surface area contributed by atoms with Crippen LogP contribution in [-0.2, 0) is 26.5 Å². The minimum Gasteiger partial charge on any atom is -0.469 e. The number of rotatable bonds is 9. The molecule has 9 rings (SSSR count). The van der Waals surface area contributed by atoms with Crippen LogP contribution >= 0.6 is 0 Å². The van der Waals surface area contributed by atoms with E-state index in [2.05, 4.69) is 134 Å². The largest absolute Gasteiger partial charge is 0.469 e. The van der Waals surface area contributed by atoms with Crippen LogP contribution in [0.2, 0.25) is 19.6 Å². The second-order valence-corrected chi connectivity index (χ2v) is 25.1. The number of hydrogen-bond donors (Lipinski definition) is 0. The molecule has 1 atom stereocenters. The van der Waals surface area contributed by atoms with Gasteiger partial charge in [0.05, 0.1) is 37.4 Å². The number of nitrogens with zero attached hydrogens (tertiary/aromatic N) is 2. The molecule has 3 aromatic heterocycles. The van der Waals surface area contributed by atoms with E-state index < -0.39 is 8.07 Å². The van der Waals surface area contributed by atoms with E-state index in [0.717, 1.165) is 73.7 Å². The van der Waals surface area contributed by atoms with Crippen LogP contribution in [0.5, 0.6) is 0 Å². The van der Waals surface area contributed by atoms with Crippen LogP contribution in [0.15, 0.2) is 108 Å². The molecular formula is C58H67FIrN2OSi-2. The quantitative estimate of drug-likeness (QED) is 0.0802. The Balaban J connectivity index is 0.000000191. The molecule has 3 nitrogen and oxygen atoms in total. The maximum atomic E-state index is 13.4. The van der Waals surface area contributed by atoms with Crippen LogP contribution in [0.25, 0.3) is 55.6 Å². The van der Waals surface area contributed by atoms with Crippen molar-refractivity contribution in [3.8, 4) is 33.6 Å². The normalized spacial score (nSPS) is 15.3. The third-order valence-corrected chi connectivity index (χ3v) is 16.3. The Morgan fingerprint density at radius 2 is 1.39 bits per heavy atom. The van der Waals surface area contributed by atoms with Crippen LogP contribution in [0, 0.1) is 45.6 Å². The second kappa shape index (κ2) is 19.8. The van der Waals surface area contributed by atoms with E-state index in [1.807, 2.05) is 22.9 Å². The molecule has 64 heavy (non-hydrogen) atoms. The second-order valence-electron chi connectivity index (χ2n) is 20.1. The number of pyridine rings is 2. The van der Waals surface area contributed by atoms with Gasteiger partial charge in [0.15, 0.2) is 0 Å². The molecule has 1 radical (unpaired) electrons. The van der Waals surface area contributed by atoms with Crippen LogP contribution < -0.4 is 14.3 Å². The molecule has 0 aliphatic heterocycles. The summed E-state index contributed by atoms with van der Waals surface area (Å²) in [5, 5.41) is 3.61. The molecule has 1 unspecified atom stereocenters. The van der Waals surface area contributed by atoms with Crippen molar-refractivity contribution in [2.75, 3.05) is 0 Å². The number of hydrogen-bond acceptors (Lipinski definition) is 1. The van der Waals surface area contributed by atoms with Crippen LogP contribution in [0.4, 0.5) is 4.39 Å². The molecule has 337 valence electrons. The molecule has 0 N–H and O–H groups in total. The summed E-state index contributed by atoms with van der Waals surface area (Å²) >= 11 is 0. The van der Waals surface area contributed by atoms with Crippen LogP contribution in [0.1, 0.15) is 118 Å². The van der Waals surface area contributed by atoms with E-state index in [1.165, 1.54) is 103 Å². The fraction of sp³-hybridized carbons (Fsp3) is 0.345. The van der Waals surface area contributed by atoms with E-state index in [0.29, 0.717) is 11.8 Å². The van der Waals surface area contributed by atoms with E-state index >= 15 is 0 Å². The van der Waals surface area contributed by atoms with Gasteiger partial charge < -0.3 is 13.6 Å². The fourth-order valence-electron chi connectivity index (χ4n) is 10.2. The van der Waals surface area contributed by atoms with Crippen molar-refractivity contribution in [1.82, 2.24) is 0 Å². The van der Waals surface area contributed by atoms with Crippen molar-refractivity contribution < 1.29 is 38.0 Å². The summed E-state index contributed by atoms with van der Waals surface area (Å²) in [6, 6.07) is 30.7. The summed E-state index contributed by atoms with van der Waals surface area (Å²) < 4.78 is 23.8. The third kappa shape index (κ3) is 10.1. The van der Waals surface area contributed by atoms with Crippen molar-refractivity contribution in [2.45, 2.75) is 116 Å². The first kappa shape index (κ1) is 47.2. The number of benzene rings is 4. The minimum absolute atomic E-state index is 0. The molecular weight excluding hydrogens is 980 g/mol. The molecule has 6 heteroatoms. The molecule has 0 bridgehead atoms. The first-order valence-electron chi connectivity index (χ1n) is 23.5. The Bertz CT molecular complexity index is 2730. The van der Waals surface area contributed by atoms with Gasteiger partial charge in [0.1, 0.15) is 11.4 Å². The summed E-state index contributed by atoms with van der Waals surface area (Å²) in [7, 11) is 7.17. The molecule has 4 aromatic carbocycles. The maximum Gasteiger partial charge on any atom is 0.133 e. The Morgan fingerprint density at radius 3 is 2.06 bits per heavy atom. The SMILES string of the molecule is [CH2-]c1cc(C2CCCCC2)ccc1-c1cc(C(C)C(C)C)c([Si](C)(C)C)c[n+]1[CH2-].[CH2-]c1ccc2c(oc3ccc(-c4ccc(F)cc4)cc32)c1-c1cc(CC2CCCC2)cc[n+]1[CH2-].[Ir]. The Kier molecular flexibility index (Phi) is 14.6. The van der Waals surface area contributed by atoms with Crippen molar-refractivity contribution in [3.63, 3.8) is 0 Å². The topological polar surface area (TPSA) is 20.9 Å². The molecule has 2 aliphatic rings. The van der Waals surface area contributed by atoms with Crippen molar-refractivity contribution >= 4 is 35.2 Å². The summed E-state index contributed by atoms with van der Waals surface area (Å²) in [6.07, 6.45) is 17.6. The predicted molar refractivity (Wildman–Crippen MR) is 265 cm³/mol. The number of fused-ring (bicyclic) bond motifs is 3. The summed E-state index contributed by atoms with van der Waals surface area (Å²) in [5.74, 6) is 2.41. The van der Waals surface area contributed by atoms with Crippen LogP contribution in [-0.4, -0.2) is 8.07 Å². The summed E-state index contributed by atoms with van der Waals surface area (Å²) in [5.41, 5.74) is 14.4. The summed E-state index contributed by atoms with van der Waals surface area (Å²) in [6.45, 7) is 23.1. The molecule has 2 saturated carbocycles. The zero-order valence-corrected chi connectivity index (χ0v) is 42.4. The molecule has 3 heterocycles. The fourth-order valence-corrected chi connectivity index (χ4v) is 11.9. The van der Waals surface area contributed by atoms with Crippen molar-refractivity contribution in [3.05, 3.63) is 165 Å². The average molecular weight is 1050 g/mol. The zero-order chi connectivity index (χ0) is 44.6. The van der Waals surface area contributed by atoms with Gasteiger partial charge in [0, 0.05) is 45.0 Å². The van der Waals surface area contributed by atoms with Gasteiger partial charge in [0.25, 0.3) is 0 Å². The van der Waals surface area contributed by atoms with Gasteiger partial charge >= 0.3 is 0 Å². The van der Waals surface area contributed by atoms with Crippen LogP contribution in [0.3, 0.4) is 0 Å². The molecule has 2 aliphatic carbocycles. The maximum absolute atomic E-state index is 13.4. The average Bonchev–Trinajstić information content (AvgIpc) is 3.92. The molecule has 0 saturated heterocycles. The van der Waals surface area contributed by atoms with E-state index in [9.17, 15) is 4.39 Å². The van der Waals surface area contributed by atoms with E-state index in [-0.39, 0.29) is 25.9 Å². The summed E-state index contributed by atoms with van der Waals surface area (Å²) in [4.78, 5) is 0. The Hall–Kier alpha value is -4.74. The first-order valence-corrected chi connectivity index (χ1v) is 27.0. The zero-order valence-electron chi connectivity index (χ0n) is 39.0. The van der Waals surface area contributed by atoms with Crippen molar-refractivity contribution in [2.24, 2.45) is 11.8 Å². The molecule has 7 aromatic rings. The van der Waals surface area contributed by atoms with Gasteiger partial charge in [0.2, 0.25) is 0 Å². The molecule has 0 amide bonds. The molecule has 2 fully saturated rings. The van der Waals surface area contributed by atoms with Gasteiger partial charge in [-0.3, -0.25) is 0 Å². The smallest absolute Gasteiger partial charge is 0.133 e. The molecule has 0 spiro atoms.